The number of urea groups is 1. The summed E-state index contributed by atoms with van der Waals surface area (Å²) in [5.74, 6) is -1.11. The van der Waals surface area contributed by atoms with Gasteiger partial charge in [-0.1, -0.05) is 36.4 Å². The molecular weight excluding hydrogens is 466 g/mol. The largest absolute Gasteiger partial charge is 0.434 e. The van der Waals surface area contributed by atoms with Gasteiger partial charge in [-0.15, -0.1) is 11.3 Å². The molecule has 4 amide bonds. The molecule has 1 unspecified atom stereocenters. The van der Waals surface area contributed by atoms with Crippen LogP contribution >= 0.6 is 11.3 Å². The van der Waals surface area contributed by atoms with Crippen LogP contribution in [0.5, 0.6) is 5.75 Å². The van der Waals surface area contributed by atoms with E-state index < -0.39 is 36.5 Å². The van der Waals surface area contributed by atoms with E-state index in [9.17, 15) is 23.2 Å². The van der Waals surface area contributed by atoms with Gasteiger partial charge in [0.15, 0.2) is 5.13 Å². The number of fused-ring (bicyclic) bond motifs is 2. The molecule has 1 saturated heterocycles. The highest BCUT2D eigenvalue weighted by atomic mass is 32.1. The minimum Gasteiger partial charge on any atom is -0.434 e. The van der Waals surface area contributed by atoms with Crippen LogP contribution in [0.1, 0.15) is 17.5 Å². The second-order valence-corrected chi connectivity index (χ2v) is 8.70. The maximum Gasteiger partial charge on any atom is 0.387 e. The molecule has 2 aliphatic rings. The predicted octanol–water partition coefficient (Wildman–Crippen LogP) is 3.74. The Morgan fingerprint density at radius 2 is 1.97 bits per heavy atom. The summed E-state index contributed by atoms with van der Waals surface area (Å²) in [5.41, 5.74) is 1.29. The number of para-hydroxylation sites is 1. The number of thiazole rings is 1. The highest BCUT2D eigenvalue weighted by Gasteiger charge is 2.55. The van der Waals surface area contributed by atoms with Gasteiger partial charge in [-0.05, 0) is 36.1 Å². The number of aromatic nitrogens is 1. The Morgan fingerprint density at radius 1 is 1.21 bits per heavy atom. The monoisotopic (exact) mass is 484 g/mol. The Labute approximate surface area is 196 Å². The zero-order chi connectivity index (χ0) is 23.9. The van der Waals surface area contributed by atoms with Gasteiger partial charge >= 0.3 is 12.6 Å². The minimum absolute atomic E-state index is 0.0397. The molecule has 0 radical (unpaired) electrons. The molecule has 3 aromatic rings. The Bertz CT molecular complexity index is 1300. The first-order valence-corrected chi connectivity index (χ1v) is 11.3. The lowest BCUT2D eigenvalue weighted by Gasteiger charge is -2.22. The van der Waals surface area contributed by atoms with E-state index in [1.807, 2.05) is 24.3 Å². The summed E-state index contributed by atoms with van der Waals surface area (Å²) in [5, 5.41) is 7.11. The summed E-state index contributed by atoms with van der Waals surface area (Å²) in [4.78, 5) is 43.5. The van der Waals surface area contributed by atoms with Crippen molar-refractivity contribution in [1.29, 1.82) is 0 Å². The lowest BCUT2D eigenvalue weighted by atomic mass is 9.92. The van der Waals surface area contributed by atoms with Crippen LogP contribution in [0.3, 0.4) is 0 Å². The van der Waals surface area contributed by atoms with Crippen molar-refractivity contribution in [3.63, 3.8) is 0 Å². The van der Waals surface area contributed by atoms with E-state index in [0.29, 0.717) is 24.1 Å². The highest BCUT2D eigenvalue weighted by molar-refractivity contribution is 7.14. The molecule has 1 aromatic heterocycles. The fourth-order valence-electron chi connectivity index (χ4n) is 4.37. The molecule has 11 heteroatoms. The Hall–Kier alpha value is -3.86. The maximum absolute atomic E-state index is 13.2. The van der Waals surface area contributed by atoms with Crippen LogP contribution in [-0.2, 0) is 21.5 Å². The fourth-order valence-corrected chi connectivity index (χ4v) is 5.09. The number of ether oxygens (including phenoxy) is 1. The molecule has 8 nitrogen and oxygen atoms in total. The van der Waals surface area contributed by atoms with Gasteiger partial charge in [0.1, 0.15) is 17.8 Å². The summed E-state index contributed by atoms with van der Waals surface area (Å²) in [6.07, 6.45) is 1.09. The molecule has 0 saturated carbocycles. The number of rotatable bonds is 6. The summed E-state index contributed by atoms with van der Waals surface area (Å²) in [6.45, 7) is -3.47. The normalized spacial score (nSPS) is 19.0. The van der Waals surface area contributed by atoms with Crippen molar-refractivity contribution in [2.24, 2.45) is 0 Å². The first-order valence-electron chi connectivity index (χ1n) is 10.4. The standard InChI is InChI=1S/C23H18F2N4O4S/c24-20(25)33-17-8-4-2-6-14(17)16-12-34-21(26-16)27-18(30)11-29-19(31)23(28-22(29)32)10-9-13-5-1-3-7-15(13)23/h1-8,12,20H,9-11H2,(H,28,32)(H,26,27,30). The first-order chi connectivity index (χ1) is 16.4. The molecule has 2 aromatic carbocycles. The summed E-state index contributed by atoms with van der Waals surface area (Å²) >= 11 is 1.08. The van der Waals surface area contributed by atoms with Crippen molar-refractivity contribution in [2.45, 2.75) is 25.0 Å². The van der Waals surface area contributed by atoms with Crippen LogP contribution < -0.4 is 15.4 Å². The lowest BCUT2D eigenvalue weighted by Crippen LogP contribution is -2.42. The van der Waals surface area contributed by atoms with Gasteiger partial charge in [0.05, 0.1) is 5.69 Å². The van der Waals surface area contributed by atoms with Crippen molar-refractivity contribution in [1.82, 2.24) is 15.2 Å². The van der Waals surface area contributed by atoms with Crippen molar-refractivity contribution in [3.05, 3.63) is 65.0 Å². The quantitative estimate of drug-likeness (QED) is 0.519. The third-order valence-corrected chi connectivity index (χ3v) is 6.61. The van der Waals surface area contributed by atoms with E-state index in [1.54, 1.807) is 23.6 Å². The molecule has 174 valence electrons. The number of benzene rings is 2. The number of carbonyl (C=O) groups is 3. The number of alkyl halides is 2. The molecule has 1 aliphatic carbocycles. The van der Waals surface area contributed by atoms with Crippen LogP contribution in [0.15, 0.2) is 53.9 Å². The zero-order valence-corrected chi connectivity index (χ0v) is 18.4. The van der Waals surface area contributed by atoms with Crippen molar-refractivity contribution in [3.8, 4) is 17.0 Å². The SMILES string of the molecule is O=C(CN1C(=O)NC2(CCc3ccccc32)C1=O)Nc1nc(-c2ccccc2OC(F)F)cs1. The van der Waals surface area contributed by atoms with Crippen molar-refractivity contribution >= 4 is 34.3 Å². The maximum atomic E-state index is 13.2. The number of halogens is 2. The average molecular weight is 484 g/mol. The van der Waals surface area contributed by atoms with Crippen LogP contribution in [0.25, 0.3) is 11.3 Å². The molecule has 1 aliphatic heterocycles. The smallest absolute Gasteiger partial charge is 0.387 e. The number of nitrogens with zero attached hydrogens (tertiary/aromatic N) is 2. The van der Waals surface area contributed by atoms with E-state index in [1.165, 1.54) is 6.07 Å². The lowest BCUT2D eigenvalue weighted by molar-refractivity contribution is -0.134. The van der Waals surface area contributed by atoms with Gasteiger partial charge in [-0.25, -0.2) is 9.78 Å². The van der Waals surface area contributed by atoms with Crippen LogP contribution in [0.2, 0.25) is 0 Å². The summed E-state index contributed by atoms with van der Waals surface area (Å²) in [7, 11) is 0. The number of nitrogens with one attached hydrogen (secondary N) is 2. The molecule has 2 N–H and O–H groups in total. The number of hydrogen-bond donors (Lipinski definition) is 2. The molecule has 1 spiro atoms. The van der Waals surface area contributed by atoms with E-state index in [0.717, 1.165) is 27.4 Å². The highest BCUT2D eigenvalue weighted by Crippen LogP contribution is 2.41. The van der Waals surface area contributed by atoms with Gasteiger partial charge in [0, 0.05) is 10.9 Å². The Kier molecular flexibility index (Phi) is 5.48. The Balaban J connectivity index is 1.29. The Morgan fingerprint density at radius 3 is 2.79 bits per heavy atom. The summed E-state index contributed by atoms with van der Waals surface area (Å²) in [6, 6.07) is 13.0. The number of amides is 4. The fraction of sp³-hybridized carbons (Fsp3) is 0.217. The third kappa shape index (κ3) is 3.77. The van der Waals surface area contributed by atoms with Crippen molar-refractivity contribution in [2.75, 3.05) is 11.9 Å². The van der Waals surface area contributed by atoms with Gasteiger partial charge in [-0.2, -0.15) is 8.78 Å². The number of anilines is 1. The molecule has 1 fully saturated rings. The molecule has 5 rings (SSSR count). The van der Waals surface area contributed by atoms with Crippen LogP contribution in [0, 0.1) is 0 Å². The van der Waals surface area contributed by atoms with E-state index in [2.05, 4.69) is 20.4 Å². The molecule has 2 heterocycles. The minimum atomic E-state index is -2.99. The number of imide groups is 1. The van der Waals surface area contributed by atoms with Gasteiger partial charge < -0.3 is 15.4 Å². The van der Waals surface area contributed by atoms with Gasteiger partial charge in [0.25, 0.3) is 5.91 Å². The molecular formula is C23H18F2N4O4S. The van der Waals surface area contributed by atoms with Crippen LogP contribution in [0.4, 0.5) is 18.7 Å². The zero-order valence-electron chi connectivity index (χ0n) is 17.6. The topological polar surface area (TPSA) is 101 Å². The van der Waals surface area contributed by atoms with Crippen LogP contribution in [-0.4, -0.2) is 40.9 Å². The summed E-state index contributed by atoms with van der Waals surface area (Å²) < 4.78 is 29.9. The third-order valence-electron chi connectivity index (χ3n) is 5.85. The predicted molar refractivity (Wildman–Crippen MR) is 119 cm³/mol. The van der Waals surface area contributed by atoms with E-state index in [-0.39, 0.29) is 10.9 Å². The van der Waals surface area contributed by atoms with Crippen molar-refractivity contribution < 1.29 is 27.9 Å². The van der Waals surface area contributed by atoms with Gasteiger partial charge in [0.2, 0.25) is 5.91 Å². The second-order valence-electron chi connectivity index (χ2n) is 7.84. The second kappa shape index (κ2) is 8.49. The van der Waals surface area contributed by atoms with E-state index in [4.69, 9.17) is 0 Å². The molecule has 0 bridgehead atoms. The average Bonchev–Trinajstić information content (AvgIpc) is 3.48. The van der Waals surface area contributed by atoms with E-state index >= 15 is 0 Å². The molecule has 34 heavy (non-hydrogen) atoms. The number of carbonyl (C=O) groups excluding carboxylic acids is 3. The molecule has 1 atom stereocenters. The van der Waals surface area contributed by atoms with Gasteiger partial charge in [-0.3, -0.25) is 14.5 Å². The first kappa shape index (κ1) is 22.0. The number of aryl methyl sites for hydroxylation is 1. The number of hydrogen-bond acceptors (Lipinski definition) is 6.